The molecule has 2 rings (SSSR count). The Morgan fingerprint density at radius 1 is 1.33 bits per heavy atom. The Morgan fingerprint density at radius 3 is 2.62 bits per heavy atom. The number of carboxylic acids is 1. The van der Waals surface area contributed by atoms with Crippen LogP contribution in [-0.4, -0.2) is 30.8 Å². The van der Waals surface area contributed by atoms with Crippen LogP contribution in [-0.2, 0) is 16.6 Å². The van der Waals surface area contributed by atoms with Gasteiger partial charge in [0, 0.05) is 19.2 Å². The van der Waals surface area contributed by atoms with Crippen molar-refractivity contribution < 1.29 is 22.7 Å². The van der Waals surface area contributed by atoms with Gasteiger partial charge in [-0.05, 0) is 30.7 Å². The van der Waals surface area contributed by atoms with E-state index in [2.05, 4.69) is 0 Å². The van der Waals surface area contributed by atoms with Gasteiger partial charge in [-0.2, -0.15) is 4.31 Å². The van der Waals surface area contributed by atoms with E-state index in [4.69, 9.17) is 9.52 Å². The fraction of sp³-hybridized carbons (Fsp3) is 0.214. The number of furan rings is 1. The fourth-order valence-electron chi connectivity index (χ4n) is 2.02. The van der Waals surface area contributed by atoms with Crippen molar-refractivity contribution in [3.63, 3.8) is 0 Å². The van der Waals surface area contributed by atoms with Gasteiger partial charge in [0.1, 0.15) is 0 Å². The third-order valence-electron chi connectivity index (χ3n) is 3.19. The maximum Gasteiger partial charge on any atom is 0.335 e. The lowest BCUT2D eigenvalue weighted by Crippen LogP contribution is -2.27. The number of nitrogens with zero attached hydrogens (tertiary/aromatic N) is 1. The van der Waals surface area contributed by atoms with Crippen LogP contribution in [0.5, 0.6) is 0 Å². The molecule has 1 aromatic carbocycles. The van der Waals surface area contributed by atoms with E-state index < -0.39 is 16.0 Å². The summed E-state index contributed by atoms with van der Waals surface area (Å²) in [4.78, 5) is 11.1. The molecule has 0 radical (unpaired) electrons. The van der Waals surface area contributed by atoms with Gasteiger partial charge < -0.3 is 9.52 Å². The van der Waals surface area contributed by atoms with Gasteiger partial charge in [0.15, 0.2) is 0 Å². The summed E-state index contributed by atoms with van der Waals surface area (Å²) in [5.41, 5.74) is 0.921. The first kappa shape index (κ1) is 15.3. The van der Waals surface area contributed by atoms with Crippen molar-refractivity contribution in [3.8, 4) is 0 Å². The second-order valence-corrected chi connectivity index (χ2v) is 6.64. The molecule has 0 spiro atoms. The normalized spacial score (nSPS) is 11.8. The van der Waals surface area contributed by atoms with Gasteiger partial charge in [0.2, 0.25) is 10.0 Å². The first-order chi connectivity index (χ1) is 9.84. The minimum atomic E-state index is -3.77. The minimum Gasteiger partial charge on any atom is -0.478 e. The number of hydrogen-bond acceptors (Lipinski definition) is 4. The van der Waals surface area contributed by atoms with E-state index in [1.54, 1.807) is 6.07 Å². The first-order valence-corrected chi connectivity index (χ1v) is 7.58. The summed E-state index contributed by atoms with van der Waals surface area (Å²) >= 11 is 0. The Bertz CT molecular complexity index is 750. The highest BCUT2D eigenvalue weighted by Crippen LogP contribution is 2.23. The quantitative estimate of drug-likeness (QED) is 0.914. The van der Waals surface area contributed by atoms with Crippen molar-refractivity contribution in [1.82, 2.24) is 4.31 Å². The van der Waals surface area contributed by atoms with Crippen LogP contribution >= 0.6 is 0 Å². The standard InChI is InChI=1S/C14H15NO5S/c1-10-12(14(16)17)4-3-5-13(10)21(18,19)15(2)8-11-6-7-20-9-11/h3-7,9H,8H2,1-2H3,(H,16,17). The van der Waals surface area contributed by atoms with Crippen LogP contribution in [0.25, 0.3) is 0 Å². The van der Waals surface area contributed by atoms with Crippen molar-refractivity contribution in [2.45, 2.75) is 18.4 Å². The molecule has 1 aromatic heterocycles. The number of rotatable bonds is 5. The maximum atomic E-state index is 12.6. The van der Waals surface area contributed by atoms with Crippen molar-refractivity contribution in [3.05, 3.63) is 53.5 Å². The van der Waals surface area contributed by atoms with Crippen LogP contribution in [0.1, 0.15) is 21.5 Å². The third-order valence-corrected chi connectivity index (χ3v) is 5.14. The summed E-state index contributed by atoms with van der Waals surface area (Å²) < 4.78 is 31.2. The Labute approximate surface area is 122 Å². The Balaban J connectivity index is 2.40. The van der Waals surface area contributed by atoms with E-state index in [0.29, 0.717) is 5.56 Å². The van der Waals surface area contributed by atoms with E-state index in [0.717, 1.165) is 4.31 Å². The lowest BCUT2D eigenvalue weighted by molar-refractivity contribution is 0.0696. The van der Waals surface area contributed by atoms with Crippen LogP contribution in [0.2, 0.25) is 0 Å². The Kier molecular flexibility index (Phi) is 4.15. The topological polar surface area (TPSA) is 87.8 Å². The van der Waals surface area contributed by atoms with Gasteiger partial charge in [0.05, 0.1) is 23.0 Å². The molecule has 7 heteroatoms. The van der Waals surface area contributed by atoms with Gasteiger partial charge in [0.25, 0.3) is 0 Å². The van der Waals surface area contributed by atoms with E-state index in [9.17, 15) is 13.2 Å². The van der Waals surface area contributed by atoms with E-state index in [1.807, 2.05) is 0 Å². The molecule has 21 heavy (non-hydrogen) atoms. The molecule has 0 aliphatic heterocycles. The third kappa shape index (κ3) is 2.98. The molecule has 112 valence electrons. The average Bonchev–Trinajstić information content (AvgIpc) is 2.91. The second kappa shape index (κ2) is 5.71. The van der Waals surface area contributed by atoms with Crippen LogP contribution in [0, 0.1) is 6.92 Å². The number of carbonyl (C=O) groups is 1. The number of sulfonamides is 1. The highest BCUT2D eigenvalue weighted by Gasteiger charge is 2.25. The monoisotopic (exact) mass is 309 g/mol. The molecule has 6 nitrogen and oxygen atoms in total. The molecule has 0 aliphatic rings. The summed E-state index contributed by atoms with van der Waals surface area (Å²) in [6, 6.07) is 5.89. The number of carboxylic acid groups (broad SMARTS) is 1. The lowest BCUT2D eigenvalue weighted by Gasteiger charge is -2.18. The zero-order chi connectivity index (χ0) is 15.6. The Hall–Kier alpha value is -2.12. The molecular formula is C14H15NO5S. The fourth-order valence-corrected chi connectivity index (χ4v) is 3.42. The first-order valence-electron chi connectivity index (χ1n) is 6.14. The number of benzene rings is 1. The molecular weight excluding hydrogens is 294 g/mol. The largest absolute Gasteiger partial charge is 0.478 e. The smallest absolute Gasteiger partial charge is 0.335 e. The summed E-state index contributed by atoms with van der Waals surface area (Å²) in [5.74, 6) is -1.15. The highest BCUT2D eigenvalue weighted by molar-refractivity contribution is 7.89. The predicted octanol–water partition coefficient (Wildman–Crippen LogP) is 2.11. The SMILES string of the molecule is Cc1c(C(=O)O)cccc1S(=O)(=O)N(C)Cc1ccoc1. The van der Waals surface area contributed by atoms with E-state index >= 15 is 0 Å². The van der Waals surface area contributed by atoms with Crippen LogP contribution in [0.15, 0.2) is 46.1 Å². The summed E-state index contributed by atoms with van der Waals surface area (Å²) in [7, 11) is -2.33. The summed E-state index contributed by atoms with van der Waals surface area (Å²) in [6.07, 6.45) is 2.93. The molecule has 1 N–H and O–H groups in total. The van der Waals surface area contributed by atoms with Crippen molar-refractivity contribution in [2.75, 3.05) is 7.05 Å². The molecule has 0 bridgehead atoms. The molecule has 0 atom stereocenters. The number of aromatic carboxylic acids is 1. The van der Waals surface area contributed by atoms with Crippen molar-refractivity contribution in [1.29, 1.82) is 0 Å². The Morgan fingerprint density at radius 2 is 2.05 bits per heavy atom. The van der Waals surface area contributed by atoms with Crippen molar-refractivity contribution in [2.24, 2.45) is 0 Å². The van der Waals surface area contributed by atoms with Crippen LogP contribution in [0.4, 0.5) is 0 Å². The van der Waals surface area contributed by atoms with E-state index in [1.165, 1.54) is 44.7 Å². The van der Waals surface area contributed by atoms with E-state index in [-0.39, 0.29) is 22.6 Å². The average molecular weight is 309 g/mol. The van der Waals surface area contributed by atoms with Gasteiger partial charge >= 0.3 is 5.97 Å². The molecule has 0 fully saturated rings. The molecule has 0 saturated heterocycles. The van der Waals surface area contributed by atoms with Gasteiger partial charge in [-0.1, -0.05) is 6.07 Å². The van der Waals surface area contributed by atoms with Gasteiger partial charge in [-0.15, -0.1) is 0 Å². The molecule has 0 amide bonds. The number of hydrogen-bond donors (Lipinski definition) is 1. The predicted molar refractivity (Wildman–Crippen MR) is 75.5 cm³/mol. The van der Waals surface area contributed by atoms with Crippen LogP contribution < -0.4 is 0 Å². The van der Waals surface area contributed by atoms with Gasteiger partial charge in [-0.25, -0.2) is 13.2 Å². The van der Waals surface area contributed by atoms with Crippen LogP contribution in [0.3, 0.4) is 0 Å². The molecule has 0 aliphatic carbocycles. The molecule has 1 heterocycles. The zero-order valence-corrected chi connectivity index (χ0v) is 12.4. The second-order valence-electron chi connectivity index (χ2n) is 4.63. The zero-order valence-electron chi connectivity index (χ0n) is 11.6. The molecule has 2 aromatic rings. The summed E-state index contributed by atoms with van der Waals surface area (Å²) in [6.45, 7) is 1.64. The highest BCUT2D eigenvalue weighted by atomic mass is 32.2. The summed E-state index contributed by atoms with van der Waals surface area (Å²) in [5, 5.41) is 9.08. The van der Waals surface area contributed by atoms with Gasteiger partial charge in [-0.3, -0.25) is 0 Å². The van der Waals surface area contributed by atoms with Crippen molar-refractivity contribution >= 4 is 16.0 Å². The molecule has 0 saturated carbocycles. The lowest BCUT2D eigenvalue weighted by atomic mass is 10.1. The maximum absolute atomic E-state index is 12.6. The molecule has 0 unspecified atom stereocenters. The minimum absolute atomic E-state index is 0.00612.